The molecule has 0 bridgehead atoms. The summed E-state index contributed by atoms with van der Waals surface area (Å²) in [6.45, 7) is 1.28. The first-order valence-electron chi connectivity index (χ1n) is 11.3. The Balaban J connectivity index is 1.68. The average Bonchev–Trinajstić information content (AvgIpc) is 2.87. The Kier molecular flexibility index (Phi) is 7.08. The molecule has 1 aromatic heterocycles. The van der Waals surface area contributed by atoms with Crippen molar-refractivity contribution in [2.75, 3.05) is 32.4 Å². The number of pyridine rings is 1. The number of aromatic nitrogens is 1. The highest BCUT2D eigenvalue weighted by Crippen LogP contribution is 2.33. The fourth-order valence-electron chi connectivity index (χ4n) is 4.57. The lowest BCUT2D eigenvalue weighted by molar-refractivity contribution is -0.122. The van der Waals surface area contributed by atoms with Crippen LogP contribution >= 0.6 is 0 Å². The Morgan fingerprint density at radius 1 is 1.03 bits per heavy atom. The number of H-pyrrole nitrogens is 1. The number of carbonyl (C=O) groups is 2. The second-order valence-corrected chi connectivity index (χ2v) is 8.40. The van der Waals surface area contributed by atoms with Gasteiger partial charge in [-0.1, -0.05) is 60.7 Å². The molecule has 3 aromatic rings. The summed E-state index contributed by atoms with van der Waals surface area (Å²) in [6, 6.07) is 20.0. The molecule has 4 N–H and O–H groups in total. The lowest BCUT2D eigenvalue weighted by Crippen LogP contribution is -2.57. The minimum absolute atomic E-state index is 0.000356. The maximum atomic E-state index is 13.2. The summed E-state index contributed by atoms with van der Waals surface area (Å²) in [6.07, 6.45) is 2.98. The number of benzene rings is 2. The van der Waals surface area contributed by atoms with Crippen LogP contribution in [-0.2, 0) is 4.79 Å². The van der Waals surface area contributed by atoms with Crippen LogP contribution in [0.2, 0.25) is 0 Å². The van der Waals surface area contributed by atoms with Gasteiger partial charge in [0.15, 0.2) is 0 Å². The van der Waals surface area contributed by atoms with Crippen molar-refractivity contribution in [3.63, 3.8) is 0 Å². The molecule has 0 aliphatic carbocycles. The molecule has 0 spiro atoms. The first-order chi connectivity index (χ1) is 16.5. The van der Waals surface area contributed by atoms with E-state index in [0.717, 1.165) is 11.1 Å². The number of nitrogens with two attached hydrogens (primary N) is 1. The van der Waals surface area contributed by atoms with Crippen molar-refractivity contribution in [2.45, 2.75) is 18.5 Å². The topological polar surface area (TPSA) is 112 Å². The van der Waals surface area contributed by atoms with Gasteiger partial charge in [0.2, 0.25) is 11.3 Å². The van der Waals surface area contributed by atoms with Gasteiger partial charge in [-0.25, -0.2) is 0 Å². The Bertz CT molecular complexity index is 1160. The SMILES string of the molecule is CNC(=O)CC1CN(C(=O)c2c[nH]cc(N)c2=O)CCN1C(c1ccccc1)c1ccccc1. The Labute approximate surface area is 198 Å². The number of rotatable bonds is 6. The molecule has 2 amide bonds. The molecule has 8 heteroatoms. The van der Waals surface area contributed by atoms with E-state index in [1.54, 1.807) is 11.9 Å². The van der Waals surface area contributed by atoms with E-state index in [2.05, 4.69) is 39.5 Å². The van der Waals surface area contributed by atoms with Crippen molar-refractivity contribution in [1.82, 2.24) is 20.1 Å². The molecular formula is C26H29N5O3. The van der Waals surface area contributed by atoms with E-state index >= 15 is 0 Å². The van der Waals surface area contributed by atoms with Crippen molar-refractivity contribution >= 4 is 17.5 Å². The van der Waals surface area contributed by atoms with Gasteiger partial charge in [0.1, 0.15) is 5.56 Å². The van der Waals surface area contributed by atoms with Crippen LogP contribution in [-0.4, -0.2) is 59.3 Å². The maximum absolute atomic E-state index is 13.2. The van der Waals surface area contributed by atoms with E-state index in [0.29, 0.717) is 19.6 Å². The third kappa shape index (κ3) is 4.87. The van der Waals surface area contributed by atoms with Crippen LogP contribution in [0.4, 0.5) is 5.69 Å². The zero-order valence-corrected chi connectivity index (χ0v) is 19.1. The van der Waals surface area contributed by atoms with E-state index in [4.69, 9.17) is 5.73 Å². The zero-order valence-electron chi connectivity index (χ0n) is 19.1. The first-order valence-corrected chi connectivity index (χ1v) is 11.3. The van der Waals surface area contributed by atoms with E-state index in [9.17, 15) is 14.4 Å². The zero-order chi connectivity index (χ0) is 24.1. The molecule has 1 aliphatic rings. The summed E-state index contributed by atoms with van der Waals surface area (Å²) in [7, 11) is 1.61. The van der Waals surface area contributed by atoms with Gasteiger partial charge in [-0.2, -0.15) is 0 Å². The normalized spacial score (nSPS) is 16.4. The van der Waals surface area contributed by atoms with Crippen LogP contribution in [0.3, 0.4) is 0 Å². The second kappa shape index (κ2) is 10.4. The van der Waals surface area contributed by atoms with Gasteiger partial charge in [0.25, 0.3) is 5.91 Å². The fraction of sp³-hybridized carbons (Fsp3) is 0.269. The maximum Gasteiger partial charge on any atom is 0.259 e. The standard InChI is InChI=1S/C26H29N5O3/c1-28-23(32)14-20-17-30(26(34)21-15-29-16-22(27)25(21)33)12-13-31(20)24(18-8-4-2-5-9-18)19-10-6-3-7-11-19/h2-11,15-16,20,24H,12-14,17,27H2,1H3,(H,28,32)(H,29,33). The van der Waals surface area contributed by atoms with Crippen LogP contribution in [0.1, 0.15) is 33.9 Å². The molecule has 1 fully saturated rings. The predicted molar refractivity (Wildman–Crippen MR) is 131 cm³/mol. The highest BCUT2D eigenvalue weighted by atomic mass is 16.2. The van der Waals surface area contributed by atoms with Gasteiger partial charge in [-0.15, -0.1) is 0 Å². The molecule has 0 radical (unpaired) electrons. The van der Waals surface area contributed by atoms with Crippen molar-refractivity contribution < 1.29 is 9.59 Å². The molecule has 2 aromatic carbocycles. The molecule has 0 saturated carbocycles. The molecule has 1 aliphatic heterocycles. The summed E-state index contributed by atoms with van der Waals surface area (Å²) in [5, 5.41) is 2.70. The summed E-state index contributed by atoms with van der Waals surface area (Å²) in [5.41, 5.74) is 7.46. The number of nitrogens with zero attached hydrogens (tertiary/aromatic N) is 2. The average molecular weight is 460 g/mol. The quantitative estimate of drug-likeness (QED) is 0.522. The van der Waals surface area contributed by atoms with Crippen LogP contribution in [0, 0.1) is 0 Å². The third-order valence-electron chi connectivity index (χ3n) is 6.28. The Morgan fingerprint density at radius 2 is 1.65 bits per heavy atom. The number of nitrogen functional groups attached to an aromatic ring is 1. The molecule has 176 valence electrons. The van der Waals surface area contributed by atoms with Crippen LogP contribution in [0.25, 0.3) is 0 Å². The highest BCUT2D eigenvalue weighted by Gasteiger charge is 2.36. The minimum Gasteiger partial charge on any atom is -0.394 e. The number of carbonyl (C=O) groups excluding carboxylic acids is 2. The largest absolute Gasteiger partial charge is 0.394 e. The Hall–Kier alpha value is -3.91. The van der Waals surface area contributed by atoms with Gasteiger partial charge in [-0.3, -0.25) is 19.3 Å². The van der Waals surface area contributed by atoms with Crippen LogP contribution < -0.4 is 16.5 Å². The van der Waals surface area contributed by atoms with E-state index < -0.39 is 5.43 Å². The summed E-state index contributed by atoms with van der Waals surface area (Å²) < 4.78 is 0. The van der Waals surface area contributed by atoms with Crippen LogP contribution in [0.5, 0.6) is 0 Å². The number of aromatic amines is 1. The van der Waals surface area contributed by atoms with Gasteiger partial charge in [-0.05, 0) is 11.1 Å². The monoisotopic (exact) mass is 459 g/mol. The van der Waals surface area contributed by atoms with Gasteiger partial charge in [0.05, 0.1) is 11.7 Å². The minimum atomic E-state index is -0.486. The van der Waals surface area contributed by atoms with E-state index in [1.165, 1.54) is 12.4 Å². The van der Waals surface area contributed by atoms with E-state index in [-0.39, 0.29) is 41.6 Å². The molecule has 2 heterocycles. The van der Waals surface area contributed by atoms with Crippen molar-refractivity contribution in [3.05, 3.63) is 100.0 Å². The van der Waals surface area contributed by atoms with Crippen molar-refractivity contribution in [1.29, 1.82) is 0 Å². The van der Waals surface area contributed by atoms with Crippen molar-refractivity contribution in [3.8, 4) is 0 Å². The molecule has 8 nitrogen and oxygen atoms in total. The summed E-state index contributed by atoms with van der Waals surface area (Å²) in [5.74, 6) is -0.489. The number of piperazine rings is 1. The number of nitrogens with one attached hydrogen (secondary N) is 2. The number of hydrogen-bond donors (Lipinski definition) is 3. The van der Waals surface area contributed by atoms with Gasteiger partial charge >= 0.3 is 0 Å². The molecule has 4 rings (SSSR count). The Morgan fingerprint density at radius 3 is 2.24 bits per heavy atom. The molecule has 1 saturated heterocycles. The first kappa shape index (κ1) is 23.3. The number of hydrogen-bond acceptors (Lipinski definition) is 5. The molecule has 1 atom stereocenters. The van der Waals surface area contributed by atoms with Gasteiger partial charge in [0, 0.05) is 51.5 Å². The number of amides is 2. The fourth-order valence-corrected chi connectivity index (χ4v) is 4.57. The molecular weight excluding hydrogens is 430 g/mol. The third-order valence-corrected chi connectivity index (χ3v) is 6.28. The lowest BCUT2D eigenvalue weighted by atomic mass is 9.93. The smallest absolute Gasteiger partial charge is 0.259 e. The van der Waals surface area contributed by atoms with Crippen LogP contribution in [0.15, 0.2) is 77.9 Å². The predicted octanol–water partition coefficient (Wildman–Crippen LogP) is 2.01. The summed E-state index contributed by atoms with van der Waals surface area (Å²) >= 11 is 0. The second-order valence-electron chi connectivity index (χ2n) is 8.40. The van der Waals surface area contributed by atoms with E-state index in [1.807, 2.05) is 36.4 Å². The highest BCUT2D eigenvalue weighted by molar-refractivity contribution is 5.94. The molecule has 34 heavy (non-hydrogen) atoms. The summed E-state index contributed by atoms with van der Waals surface area (Å²) in [4.78, 5) is 44.8. The van der Waals surface area contributed by atoms with Crippen molar-refractivity contribution in [2.24, 2.45) is 0 Å². The molecule has 1 unspecified atom stereocenters. The lowest BCUT2D eigenvalue weighted by Gasteiger charge is -2.45. The van der Waals surface area contributed by atoms with Gasteiger partial charge < -0.3 is 20.9 Å². The number of anilines is 1.